The molecule has 0 fully saturated rings. The Morgan fingerprint density at radius 2 is 2.00 bits per heavy atom. The summed E-state index contributed by atoms with van der Waals surface area (Å²) >= 11 is 0. The molecule has 1 aromatic carbocycles. The summed E-state index contributed by atoms with van der Waals surface area (Å²) in [5.41, 5.74) is 6.04. The van der Waals surface area contributed by atoms with Crippen molar-refractivity contribution < 1.29 is 29.0 Å². The van der Waals surface area contributed by atoms with Gasteiger partial charge in [0.1, 0.15) is 5.75 Å². The zero-order valence-corrected chi connectivity index (χ0v) is 11.5. The molecule has 1 rings (SSSR count). The third-order valence-electron chi connectivity index (χ3n) is 2.50. The number of hydrogen-bond donors (Lipinski definition) is 2. The Hall–Kier alpha value is -2.83. The minimum atomic E-state index is -1.27. The molecule has 0 aliphatic carbocycles. The van der Waals surface area contributed by atoms with E-state index in [0.717, 1.165) is 13.0 Å². The molecule has 3 N–H and O–H groups in total. The van der Waals surface area contributed by atoms with Gasteiger partial charge in [0, 0.05) is 18.6 Å². The Balaban J connectivity index is 3.20. The summed E-state index contributed by atoms with van der Waals surface area (Å²) < 4.78 is 10.00. The van der Waals surface area contributed by atoms with Gasteiger partial charge < -0.3 is 20.3 Å². The molecule has 0 aliphatic rings. The first kappa shape index (κ1) is 16.2. The van der Waals surface area contributed by atoms with Crippen molar-refractivity contribution >= 4 is 23.9 Å². The Morgan fingerprint density at radius 1 is 1.33 bits per heavy atom. The highest BCUT2D eigenvalue weighted by atomic mass is 16.5. The SMILES string of the molecule is COc1cc(C=CC(=O)O)ccc1C(OC(C)=O)C(N)=O. The number of rotatable bonds is 6. The van der Waals surface area contributed by atoms with Crippen molar-refractivity contribution in [1.82, 2.24) is 0 Å². The van der Waals surface area contributed by atoms with E-state index < -0.39 is 23.9 Å². The van der Waals surface area contributed by atoms with Gasteiger partial charge in [-0.3, -0.25) is 9.59 Å². The molecule has 1 aromatic rings. The van der Waals surface area contributed by atoms with Gasteiger partial charge >= 0.3 is 11.9 Å². The minimum absolute atomic E-state index is 0.257. The summed E-state index contributed by atoms with van der Waals surface area (Å²) in [4.78, 5) is 32.9. The van der Waals surface area contributed by atoms with Gasteiger partial charge in [-0.2, -0.15) is 0 Å². The lowest BCUT2D eigenvalue weighted by Crippen LogP contribution is -2.25. The van der Waals surface area contributed by atoms with Crippen molar-refractivity contribution in [3.8, 4) is 5.75 Å². The summed E-state index contributed by atoms with van der Waals surface area (Å²) in [6.07, 6.45) is 1.06. The van der Waals surface area contributed by atoms with Crippen molar-refractivity contribution in [1.29, 1.82) is 0 Å². The van der Waals surface area contributed by atoms with Gasteiger partial charge in [0.2, 0.25) is 6.10 Å². The summed E-state index contributed by atoms with van der Waals surface area (Å²) in [6, 6.07) is 4.55. The van der Waals surface area contributed by atoms with Crippen LogP contribution in [0.2, 0.25) is 0 Å². The van der Waals surface area contributed by atoms with E-state index in [1.165, 1.54) is 25.3 Å². The number of hydrogen-bond acceptors (Lipinski definition) is 5. The van der Waals surface area contributed by atoms with E-state index in [2.05, 4.69) is 0 Å². The molecule has 0 radical (unpaired) electrons. The predicted molar refractivity (Wildman–Crippen MR) is 73.4 cm³/mol. The third-order valence-corrected chi connectivity index (χ3v) is 2.50. The molecule has 0 heterocycles. The molecular weight excluding hydrogens is 278 g/mol. The monoisotopic (exact) mass is 293 g/mol. The summed E-state index contributed by atoms with van der Waals surface area (Å²) in [5, 5.41) is 8.58. The number of carboxylic acids is 1. The fourth-order valence-corrected chi connectivity index (χ4v) is 1.66. The third kappa shape index (κ3) is 4.64. The quantitative estimate of drug-likeness (QED) is 0.594. The number of primary amides is 1. The highest BCUT2D eigenvalue weighted by Crippen LogP contribution is 2.29. The first-order valence-electron chi connectivity index (χ1n) is 5.90. The number of carboxylic acid groups (broad SMARTS) is 1. The van der Waals surface area contributed by atoms with Crippen molar-refractivity contribution in [3.05, 3.63) is 35.4 Å². The lowest BCUT2D eigenvalue weighted by Gasteiger charge is -2.17. The maximum absolute atomic E-state index is 11.4. The number of methoxy groups -OCH3 is 1. The fourth-order valence-electron chi connectivity index (χ4n) is 1.66. The molecular formula is C14H15NO6. The molecule has 1 amide bonds. The maximum Gasteiger partial charge on any atom is 0.328 e. The molecule has 7 nitrogen and oxygen atoms in total. The van der Waals surface area contributed by atoms with Crippen molar-refractivity contribution in [2.24, 2.45) is 5.73 Å². The van der Waals surface area contributed by atoms with Crippen LogP contribution < -0.4 is 10.5 Å². The number of carbonyl (C=O) groups excluding carboxylic acids is 2. The predicted octanol–water partition coefficient (Wildman–Crippen LogP) is 0.882. The van der Waals surface area contributed by atoms with Crippen LogP contribution in [0, 0.1) is 0 Å². The Morgan fingerprint density at radius 3 is 2.48 bits per heavy atom. The molecule has 0 saturated carbocycles. The van der Waals surface area contributed by atoms with E-state index in [9.17, 15) is 14.4 Å². The van der Waals surface area contributed by atoms with Gasteiger partial charge in [0.05, 0.1) is 7.11 Å². The standard InChI is InChI=1S/C14H15NO6/c1-8(16)21-13(14(15)19)10-5-3-9(4-6-12(17)18)7-11(10)20-2/h3-7,13H,1-2H3,(H2,15,19)(H,17,18). The zero-order chi connectivity index (χ0) is 16.0. The molecule has 0 bridgehead atoms. The van der Waals surface area contributed by atoms with Gasteiger partial charge in [-0.1, -0.05) is 12.1 Å². The first-order valence-corrected chi connectivity index (χ1v) is 5.90. The van der Waals surface area contributed by atoms with E-state index in [1.807, 2.05) is 0 Å². The van der Waals surface area contributed by atoms with Gasteiger partial charge in [-0.15, -0.1) is 0 Å². The number of carbonyl (C=O) groups is 3. The smallest absolute Gasteiger partial charge is 0.328 e. The summed E-state index contributed by atoms with van der Waals surface area (Å²) in [5.74, 6) is -2.33. The van der Waals surface area contributed by atoms with Crippen LogP contribution >= 0.6 is 0 Å². The minimum Gasteiger partial charge on any atom is -0.496 e. The van der Waals surface area contributed by atoms with Crippen molar-refractivity contribution in [2.45, 2.75) is 13.0 Å². The number of amides is 1. The van der Waals surface area contributed by atoms with Gasteiger partial charge in [-0.25, -0.2) is 4.79 Å². The highest BCUT2D eigenvalue weighted by Gasteiger charge is 2.24. The summed E-state index contributed by atoms with van der Waals surface area (Å²) in [6.45, 7) is 1.16. The lowest BCUT2D eigenvalue weighted by atomic mass is 10.0. The summed E-state index contributed by atoms with van der Waals surface area (Å²) in [7, 11) is 1.37. The second-order valence-electron chi connectivity index (χ2n) is 4.06. The normalized spacial score (nSPS) is 11.9. The highest BCUT2D eigenvalue weighted by molar-refractivity contribution is 5.86. The Labute approximate surface area is 121 Å². The van der Waals surface area contributed by atoms with Gasteiger partial charge in [-0.05, 0) is 17.7 Å². The van der Waals surface area contributed by atoms with Crippen LogP contribution in [0.5, 0.6) is 5.75 Å². The molecule has 21 heavy (non-hydrogen) atoms. The molecule has 0 aromatic heterocycles. The molecule has 0 spiro atoms. The van der Waals surface area contributed by atoms with Crippen LogP contribution in [0.1, 0.15) is 24.2 Å². The molecule has 0 saturated heterocycles. The average molecular weight is 293 g/mol. The second kappa shape index (κ2) is 7.09. The number of ether oxygens (including phenoxy) is 2. The van der Waals surface area contributed by atoms with Crippen molar-refractivity contribution in [2.75, 3.05) is 7.11 Å². The zero-order valence-electron chi connectivity index (χ0n) is 11.5. The van der Waals surface area contributed by atoms with Crippen LogP contribution in [-0.2, 0) is 19.1 Å². The van der Waals surface area contributed by atoms with Crippen LogP contribution in [0.25, 0.3) is 6.08 Å². The topological polar surface area (TPSA) is 116 Å². The van der Waals surface area contributed by atoms with E-state index in [4.69, 9.17) is 20.3 Å². The van der Waals surface area contributed by atoms with Crippen LogP contribution in [0.3, 0.4) is 0 Å². The number of benzene rings is 1. The van der Waals surface area contributed by atoms with E-state index >= 15 is 0 Å². The molecule has 0 aliphatic heterocycles. The molecule has 1 atom stereocenters. The largest absolute Gasteiger partial charge is 0.496 e. The van der Waals surface area contributed by atoms with Gasteiger partial charge in [0.15, 0.2) is 0 Å². The Bertz CT molecular complexity index is 593. The number of aliphatic carboxylic acids is 1. The van der Waals surface area contributed by atoms with Gasteiger partial charge in [0.25, 0.3) is 5.91 Å². The second-order valence-corrected chi connectivity index (χ2v) is 4.06. The molecule has 112 valence electrons. The number of nitrogens with two attached hydrogens (primary N) is 1. The van der Waals surface area contributed by atoms with E-state index in [0.29, 0.717) is 5.56 Å². The average Bonchev–Trinajstić information content (AvgIpc) is 2.41. The Kier molecular flexibility index (Phi) is 5.48. The maximum atomic E-state index is 11.4. The van der Waals surface area contributed by atoms with Crippen LogP contribution in [0.15, 0.2) is 24.3 Å². The lowest BCUT2D eigenvalue weighted by molar-refractivity contribution is -0.153. The van der Waals surface area contributed by atoms with Crippen LogP contribution in [0.4, 0.5) is 0 Å². The number of esters is 1. The van der Waals surface area contributed by atoms with Crippen molar-refractivity contribution in [3.63, 3.8) is 0 Å². The van der Waals surface area contributed by atoms with E-state index in [-0.39, 0.29) is 11.3 Å². The molecule has 7 heteroatoms. The first-order chi connectivity index (χ1) is 9.85. The van der Waals surface area contributed by atoms with E-state index in [1.54, 1.807) is 6.07 Å². The molecule has 1 unspecified atom stereocenters. The fraction of sp³-hybridized carbons (Fsp3) is 0.214. The van der Waals surface area contributed by atoms with Crippen LogP contribution in [-0.4, -0.2) is 30.1 Å².